The van der Waals surface area contributed by atoms with E-state index >= 15 is 0 Å². The van der Waals surface area contributed by atoms with Crippen molar-refractivity contribution in [3.8, 4) is 0 Å². The second kappa shape index (κ2) is 52.4. The van der Waals surface area contributed by atoms with E-state index in [4.69, 9.17) is 0 Å². The van der Waals surface area contributed by atoms with Crippen LogP contribution in [-0.4, -0.2) is 17.9 Å². The van der Waals surface area contributed by atoms with Gasteiger partial charge in [0, 0.05) is 17.9 Å². The van der Waals surface area contributed by atoms with Crippen LogP contribution < -0.4 is 15.3 Å². The Hall–Kier alpha value is -0.00558. The predicted octanol–water partition coefficient (Wildman–Crippen LogP) is 10.3. The van der Waals surface area contributed by atoms with Crippen LogP contribution in [0.2, 0.25) is 0 Å². The first kappa shape index (κ1) is 55.7. The summed E-state index contributed by atoms with van der Waals surface area (Å²) in [5, 5.41) is 30.4. The van der Waals surface area contributed by atoms with Crippen LogP contribution in [0.15, 0.2) is 0 Å². The van der Waals surface area contributed by atoms with Gasteiger partial charge in [-0.1, -0.05) is 213 Å². The first-order valence-corrected chi connectivity index (χ1v) is 20.9. The zero-order chi connectivity index (χ0) is 36.2. The Kier molecular flexibility index (Phi) is 59.6. The van der Waals surface area contributed by atoms with Crippen molar-refractivity contribution < 1.29 is 79.1 Å². The molecule has 6 nitrogen and oxygen atoms in total. The molecular formula is C42H81EuO6. The van der Waals surface area contributed by atoms with Crippen molar-refractivity contribution in [1.29, 1.82) is 0 Å². The number of unbranched alkanes of at least 4 members (excludes halogenated alkanes) is 30. The molecular weight excluding hydrogens is 752 g/mol. The summed E-state index contributed by atoms with van der Waals surface area (Å²) in [6, 6.07) is 0. The quantitative estimate of drug-likeness (QED) is 0.0580. The monoisotopic (exact) mass is 835 g/mol. The van der Waals surface area contributed by atoms with Gasteiger partial charge in [-0.25, -0.2) is 0 Å². The average molecular weight is 834 g/mol. The molecule has 292 valence electrons. The molecule has 0 saturated carbocycles. The summed E-state index contributed by atoms with van der Waals surface area (Å²) in [5.41, 5.74) is 0. The number of aliphatic carboxylic acids is 3. The van der Waals surface area contributed by atoms with Gasteiger partial charge in [0.15, 0.2) is 0 Å². The van der Waals surface area contributed by atoms with E-state index in [1.54, 1.807) is 0 Å². The standard InChI is InChI=1S/3C14H28O2.Eu/c3*1-2-3-4-5-6-7-8-9-10-11-12-13-14(15)16;/h3*2-13H2,1H3,(H,15,16);/q;;;+3/p-3. The van der Waals surface area contributed by atoms with E-state index in [2.05, 4.69) is 20.8 Å². The van der Waals surface area contributed by atoms with Crippen molar-refractivity contribution >= 4 is 17.9 Å². The Morgan fingerprint density at radius 1 is 0.265 bits per heavy atom. The molecule has 0 bridgehead atoms. The maximum absolute atomic E-state index is 10.1. The minimum Gasteiger partial charge on any atom is -0.550 e. The van der Waals surface area contributed by atoms with Crippen LogP contribution in [0, 0.1) is 49.4 Å². The van der Waals surface area contributed by atoms with Crippen molar-refractivity contribution in [3.05, 3.63) is 0 Å². The predicted molar refractivity (Wildman–Crippen MR) is 198 cm³/mol. The summed E-state index contributed by atoms with van der Waals surface area (Å²) in [5.74, 6) is -2.72. The van der Waals surface area contributed by atoms with Crippen molar-refractivity contribution in [3.63, 3.8) is 0 Å². The van der Waals surface area contributed by atoms with Gasteiger partial charge in [0.1, 0.15) is 0 Å². The maximum atomic E-state index is 10.1. The molecule has 0 atom stereocenters. The molecule has 0 fully saturated rings. The largest absolute Gasteiger partial charge is 3.00 e. The van der Waals surface area contributed by atoms with E-state index in [-0.39, 0.29) is 68.6 Å². The fraction of sp³-hybridized carbons (Fsp3) is 0.929. The van der Waals surface area contributed by atoms with Gasteiger partial charge in [0.25, 0.3) is 0 Å². The fourth-order valence-corrected chi connectivity index (χ4v) is 5.80. The van der Waals surface area contributed by atoms with Crippen molar-refractivity contribution in [2.75, 3.05) is 0 Å². The molecule has 0 heterocycles. The molecule has 0 aliphatic carbocycles. The third kappa shape index (κ3) is 66.8. The molecule has 0 aromatic rings. The van der Waals surface area contributed by atoms with Gasteiger partial charge in [-0.05, 0) is 38.5 Å². The van der Waals surface area contributed by atoms with Gasteiger partial charge in [-0.3, -0.25) is 0 Å². The number of rotatable bonds is 36. The van der Waals surface area contributed by atoms with Gasteiger partial charge in [-0.2, -0.15) is 0 Å². The van der Waals surface area contributed by atoms with Crippen molar-refractivity contribution in [1.82, 2.24) is 0 Å². The summed E-state index contributed by atoms with van der Waals surface area (Å²) in [6.45, 7) is 6.73. The van der Waals surface area contributed by atoms with Crippen LogP contribution in [0.3, 0.4) is 0 Å². The molecule has 0 spiro atoms. The number of hydrogen-bond donors (Lipinski definition) is 0. The van der Waals surface area contributed by atoms with Gasteiger partial charge in [0.05, 0.1) is 0 Å². The Bertz CT molecular complexity index is 557. The molecule has 0 radical (unpaired) electrons. The van der Waals surface area contributed by atoms with Crippen molar-refractivity contribution in [2.24, 2.45) is 0 Å². The van der Waals surface area contributed by atoms with Gasteiger partial charge in [0.2, 0.25) is 0 Å². The van der Waals surface area contributed by atoms with Crippen LogP contribution in [0.25, 0.3) is 0 Å². The minimum absolute atomic E-state index is 0. The van der Waals surface area contributed by atoms with Gasteiger partial charge < -0.3 is 29.7 Å². The number of hydrogen-bond acceptors (Lipinski definition) is 6. The molecule has 0 N–H and O–H groups in total. The molecule has 0 saturated heterocycles. The summed E-state index contributed by atoms with van der Waals surface area (Å²) in [6.07, 6.45) is 42.1. The van der Waals surface area contributed by atoms with Crippen LogP contribution in [0.4, 0.5) is 0 Å². The second-order valence-electron chi connectivity index (χ2n) is 14.0. The SMILES string of the molecule is CCCCCCCCCCCCCC(=O)[O-].CCCCCCCCCCCCCC(=O)[O-].CCCCCCCCCCCCCC(=O)[O-].[Eu+3]. The maximum Gasteiger partial charge on any atom is 3.00 e. The topological polar surface area (TPSA) is 120 Å². The zero-order valence-corrected chi connectivity index (χ0v) is 35.2. The Balaban J connectivity index is -0.000000307. The van der Waals surface area contributed by atoms with Gasteiger partial charge in [-0.15, -0.1) is 0 Å². The van der Waals surface area contributed by atoms with E-state index in [0.717, 1.165) is 38.5 Å². The summed E-state index contributed by atoms with van der Waals surface area (Å²) in [4.78, 5) is 30.4. The van der Waals surface area contributed by atoms with E-state index in [1.807, 2.05) is 0 Å². The summed E-state index contributed by atoms with van der Waals surface area (Å²) < 4.78 is 0. The number of carbonyl (C=O) groups is 3. The average Bonchev–Trinajstić information content (AvgIpc) is 3.05. The molecule has 0 rings (SSSR count). The molecule has 0 aromatic carbocycles. The summed E-state index contributed by atoms with van der Waals surface area (Å²) in [7, 11) is 0. The van der Waals surface area contributed by atoms with Crippen LogP contribution in [0.5, 0.6) is 0 Å². The van der Waals surface area contributed by atoms with Crippen LogP contribution in [0.1, 0.15) is 252 Å². The van der Waals surface area contributed by atoms with Crippen LogP contribution in [-0.2, 0) is 14.4 Å². The smallest absolute Gasteiger partial charge is 0.550 e. The minimum atomic E-state index is -0.907. The molecule has 0 aromatic heterocycles. The van der Waals surface area contributed by atoms with E-state index in [0.29, 0.717) is 0 Å². The van der Waals surface area contributed by atoms with Crippen molar-refractivity contribution in [2.45, 2.75) is 252 Å². The van der Waals surface area contributed by atoms with E-state index in [1.165, 1.54) is 173 Å². The number of carbonyl (C=O) groups excluding carboxylic acids is 3. The molecule has 49 heavy (non-hydrogen) atoms. The Morgan fingerprint density at radius 2 is 0.388 bits per heavy atom. The molecule has 0 unspecified atom stereocenters. The molecule has 0 aliphatic heterocycles. The first-order chi connectivity index (χ1) is 23.3. The first-order valence-electron chi connectivity index (χ1n) is 20.9. The van der Waals surface area contributed by atoms with E-state index in [9.17, 15) is 29.7 Å². The Labute approximate surface area is 346 Å². The fourth-order valence-electron chi connectivity index (χ4n) is 5.80. The summed E-state index contributed by atoms with van der Waals surface area (Å²) >= 11 is 0. The molecule has 0 amide bonds. The number of carboxylic acid groups (broad SMARTS) is 3. The molecule has 7 heteroatoms. The second-order valence-corrected chi connectivity index (χ2v) is 14.0. The Morgan fingerprint density at radius 3 is 0.510 bits per heavy atom. The molecule has 0 aliphatic rings. The number of carboxylic acids is 3. The van der Waals surface area contributed by atoms with Gasteiger partial charge >= 0.3 is 49.4 Å². The van der Waals surface area contributed by atoms with E-state index < -0.39 is 17.9 Å². The third-order valence-electron chi connectivity index (χ3n) is 8.95. The zero-order valence-electron chi connectivity index (χ0n) is 32.8. The third-order valence-corrected chi connectivity index (χ3v) is 8.95. The van der Waals surface area contributed by atoms with Crippen LogP contribution >= 0.6 is 0 Å². The normalized spacial score (nSPS) is 10.3.